The van der Waals surface area contributed by atoms with E-state index in [2.05, 4.69) is 0 Å². The molecule has 0 aromatic rings. The third-order valence-electron chi connectivity index (χ3n) is 3.63. The van der Waals surface area contributed by atoms with Crippen LogP contribution >= 0.6 is 0 Å². The van der Waals surface area contributed by atoms with Crippen LogP contribution in [0.4, 0.5) is 17.6 Å². The van der Waals surface area contributed by atoms with E-state index in [1.165, 1.54) is 0 Å². The molecule has 1 aliphatic carbocycles. The first-order valence-electron chi connectivity index (χ1n) is 5.74. The van der Waals surface area contributed by atoms with Crippen LogP contribution in [-0.4, -0.2) is 12.3 Å². The SMILES string of the molecule is CC1CC(C(F)(F)F)CC(F)C1C(C)(C)C. The predicted octanol–water partition coefficient (Wildman–Crippen LogP) is 4.60. The van der Waals surface area contributed by atoms with Crippen molar-refractivity contribution in [1.82, 2.24) is 0 Å². The number of rotatable bonds is 0. The van der Waals surface area contributed by atoms with Crippen LogP contribution < -0.4 is 0 Å². The van der Waals surface area contributed by atoms with E-state index in [1.54, 1.807) is 6.92 Å². The van der Waals surface area contributed by atoms with Gasteiger partial charge < -0.3 is 0 Å². The van der Waals surface area contributed by atoms with E-state index in [1.807, 2.05) is 20.8 Å². The van der Waals surface area contributed by atoms with Crippen LogP contribution in [-0.2, 0) is 0 Å². The molecule has 0 nitrogen and oxygen atoms in total. The normalized spacial score (nSPS) is 37.5. The van der Waals surface area contributed by atoms with E-state index in [0.717, 1.165) is 0 Å². The lowest BCUT2D eigenvalue weighted by atomic mass is 9.63. The molecule has 1 saturated carbocycles. The van der Waals surface area contributed by atoms with Gasteiger partial charge in [-0.15, -0.1) is 0 Å². The quantitative estimate of drug-likeness (QED) is 0.543. The molecule has 0 spiro atoms. The van der Waals surface area contributed by atoms with Crippen molar-refractivity contribution in [2.24, 2.45) is 23.2 Å². The Bertz CT molecular complexity index is 226. The number of hydrogen-bond acceptors (Lipinski definition) is 0. The van der Waals surface area contributed by atoms with Crippen molar-refractivity contribution in [1.29, 1.82) is 0 Å². The van der Waals surface area contributed by atoms with E-state index < -0.39 is 18.3 Å². The summed E-state index contributed by atoms with van der Waals surface area (Å²) in [5.41, 5.74) is -0.268. The highest BCUT2D eigenvalue weighted by Crippen LogP contribution is 2.49. The van der Waals surface area contributed by atoms with Gasteiger partial charge in [0.25, 0.3) is 0 Å². The molecule has 0 aliphatic heterocycles. The molecule has 0 N–H and O–H groups in total. The average Bonchev–Trinajstić information content (AvgIpc) is 1.97. The zero-order valence-corrected chi connectivity index (χ0v) is 10.2. The minimum absolute atomic E-state index is 0.0614. The molecule has 1 aliphatic rings. The monoisotopic (exact) mass is 240 g/mol. The van der Waals surface area contributed by atoms with Crippen molar-refractivity contribution < 1.29 is 17.6 Å². The first kappa shape index (κ1) is 13.8. The maximum absolute atomic E-state index is 13.9. The fourth-order valence-corrected chi connectivity index (χ4v) is 3.13. The minimum Gasteiger partial charge on any atom is -0.247 e. The highest BCUT2D eigenvalue weighted by atomic mass is 19.4. The van der Waals surface area contributed by atoms with Crippen LogP contribution in [0.1, 0.15) is 40.5 Å². The molecular weight excluding hydrogens is 220 g/mol. The number of hydrogen-bond donors (Lipinski definition) is 0. The van der Waals surface area contributed by atoms with E-state index >= 15 is 0 Å². The van der Waals surface area contributed by atoms with Gasteiger partial charge in [0, 0.05) is 0 Å². The third-order valence-corrected chi connectivity index (χ3v) is 3.63. The lowest BCUT2D eigenvalue weighted by Gasteiger charge is -2.44. The molecule has 0 saturated heterocycles. The summed E-state index contributed by atoms with van der Waals surface area (Å²) < 4.78 is 51.5. The summed E-state index contributed by atoms with van der Waals surface area (Å²) in [6.45, 7) is 7.43. The molecule has 0 heterocycles. The first-order chi connectivity index (χ1) is 7.03. The average molecular weight is 240 g/mol. The second-order valence-electron chi connectivity index (χ2n) is 6.10. The summed E-state index contributed by atoms with van der Waals surface area (Å²) in [7, 11) is 0. The molecule has 0 aromatic carbocycles. The second kappa shape index (κ2) is 4.19. The Balaban J connectivity index is 2.80. The Hall–Kier alpha value is -0.280. The lowest BCUT2D eigenvalue weighted by molar-refractivity contribution is -0.199. The molecule has 1 rings (SSSR count). The topological polar surface area (TPSA) is 0 Å². The summed E-state index contributed by atoms with van der Waals surface area (Å²) in [6, 6.07) is 0. The van der Waals surface area contributed by atoms with Gasteiger partial charge in [0.15, 0.2) is 0 Å². The summed E-state index contributed by atoms with van der Waals surface area (Å²) in [5, 5.41) is 0. The smallest absolute Gasteiger partial charge is 0.247 e. The summed E-state index contributed by atoms with van der Waals surface area (Å²) in [5.74, 6) is -1.95. The third kappa shape index (κ3) is 2.89. The Kier molecular flexibility index (Phi) is 3.61. The van der Waals surface area contributed by atoms with Gasteiger partial charge in [-0.25, -0.2) is 4.39 Å². The molecule has 16 heavy (non-hydrogen) atoms. The van der Waals surface area contributed by atoms with Crippen LogP contribution in [0.25, 0.3) is 0 Å². The lowest BCUT2D eigenvalue weighted by Crippen LogP contribution is -2.44. The fraction of sp³-hybridized carbons (Fsp3) is 1.00. The van der Waals surface area contributed by atoms with Crippen molar-refractivity contribution in [3.8, 4) is 0 Å². The zero-order chi connectivity index (χ0) is 12.7. The van der Waals surface area contributed by atoms with E-state index in [0.29, 0.717) is 0 Å². The van der Waals surface area contributed by atoms with Crippen LogP contribution in [0.5, 0.6) is 0 Å². The Morgan fingerprint density at radius 3 is 1.81 bits per heavy atom. The largest absolute Gasteiger partial charge is 0.391 e. The van der Waals surface area contributed by atoms with E-state index in [9.17, 15) is 17.6 Å². The highest BCUT2D eigenvalue weighted by molar-refractivity contribution is 4.92. The molecule has 4 unspecified atom stereocenters. The van der Waals surface area contributed by atoms with Gasteiger partial charge in [-0.2, -0.15) is 13.2 Å². The molecule has 0 aromatic heterocycles. The van der Waals surface area contributed by atoms with Crippen molar-refractivity contribution in [2.45, 2.75) is 52.9 Å². The van der Waals surface area contributed by atoms with Gasteiger partial charge in [-0.3, -0.25) is 0 Å². The van der Waals surface area contributed by atoms with Crippen LogP contribution in [0.15, 0.2) is 0 Å². The second-order valence-corrected chi connectivity index (χ2v) is 6.10. The Morgan fingerprint density at radius 2 is 1.50 bits per heavy atom. The Labute approximate surface area is 94.4 Å². The standard InChI is InChI=1S/C12H20F4/c1-7-5-8(12(14,15)16)6-9(13)10(7)11(2,3)4/h7-10H,5-6H2,1-4H3. The summed E-state index contributed by atoms with van der Waals surface area (Å²) in [4.78, 5) is 0. The minimum atomic E-state index is -4.25. The van der Waals surface area contributed by atoms with Crippen molar-refractivity contribution >= 4 is 0 Å². The molecular formula is C12H20F4. The van der Waals surface area contributed by atoms with Crippen molar-refractivity contribution in [3.05, 3.63) is 0 Å². The summed E-state index contributed by atoms with van der Waals surface area (Å²) in [6.07, 6.45) is -5.89. The molecule has 4 atom stereocenters. The van der Waals surface area contributed by atoms with Gasteiger partial charge >= 0.3 is 6.18 Å². The maximum Gasteiger partial charge on any atom is 0.391 e. The highest BCUT2D eigenvalue weighted by Gasteiger charge is 2.50. The van der Waals surface area contributed by atoms with Gasteiger partial charge in [-0.05, 0) is 30.1 Å². The van der Waals surface area contributed by atoms with Crippen LogP contribution in [0.2, 0.25) is 0 Å². The molecule has 0 bridgehead atoms. The molecule has 4 heteroatoms. The Morgan fingerprint density at radius 1 is 1.00 bits per heavy atom. The molecule has 0 amide bonds. The fourth-order valence-electron chi connectivity index (χ4n) is 3.13. The summed E-state index contributed by atoms with van der Waals surface area (Å²) >= 11 is 0. The maximum atomic E-state index is 13.9. The van der Waals surface area contributed by atoms with E-state index in [4.69, 9.17) is 0 Å². The first-order valence-corrected chi connectivity index (χ1v) is 5.74. The van der Waals surface area contributed by atoms with Crippen LogP contribution in [0.3, 0.4) is 0 Å². The van der Waals surface area contributed by atoms with Gasteiger partial charge in [-0.1, -0.05) is 27.7 Å². The van der Waals surface area contributed by atoms with Crippen molar-refractivity contribution in [3.63, 3.8) is 0 Å². The number of alkyl halides is 4. The van der Waals surface area contributed by atoms with Gasteiger partial charge in [0.2, 0.25) is 0 Å². The molecule has 96 valence electrons. The number of halogens is 4. The van der Waals surface area contributed by atoms with Crippen molar-refractivity contribution in [2.75, 3.05) is 0 Å². The molecule has 1 fully saturated rings. The zero-order valence-electron chi connectivity index (χ0n) is 10.2. The van der Waals surface area contributed by atoms with E-state index in [-0.39, 0.29) is 30.1 Å². The van der Waals surface area contributed by atoms with Gasteiger partial charge in [0.05, 0.1) is 5.92 Å². The molecule has 0 radical (unpaired) electrons. The van der Waals surface area contributed by atoms with Crippen LogP contribution in [0, 0.1) is 23.2 Å². The van der Waals surface area contributed by atoms with Gasteiger partial charge in [0.1, 0.15) is 6.17 Å². The predicted molar refractivity (Wildman–Crippen MR) is 55.8 cm³/mol.